The van der Waals surface area contributed by atoms with E-state index in [1.165, 1.54) is 0 Å². The van der Waals surface area contributed by atoms with Crippen LogP contribution in [-0.2, 0) is 10.0 Å². The Morgan fingerprint density at radius 1 is 1.25 bits per heavy atom. The van der Waals surface area contributed by atoms with Gasteiger partial charge in [-0.15, -0.1) is 3.82 Å². The van der Waals surface area contributed by atoms with E-state index >= 15 is 0 Å². The van der Waals surface area contributed by atoms with Gasteiger partial charge in [0.25, 0.3) is 0 Å². The van der Waals surface area contributed by atoms with E-state index in [1.54, 1.807) is 6.92 Å². The van der Waals surface area contributed by atoms with Gasteiger partial charge < -0.3 is 0 Å². The Balaban J connectivity index is 3.80. The van der Waals surface area contributed by atoms with Crippen molar-refractivity contribution in [2.45, 2.75) is 33.1 Å². The highest BCUT2D eigenvalue weighted by molar-refractivity contribution is 7.89. The third kappa shape index (κ3) is 4.28. The molecule has 5 heteroatoms. The first kappa shape index (κ1) is 12.2. The Labute approximate surface area is 79.9 Å². The number of rotatable bonds is 6. The van der Waals surface area contributed by atoms with Crippen LogP contribution in [0.4, 0.5) is 0 Å². The van der Waals surface area contributed by atoms with Gasteiger partial charge in [0.05, 0.1) is 5.75 Å². The lowest BCUT2D eigenvalue weighted by Gasteiger charge is -2.11. The predicted molar refractivity (Wildman–Crippen MR) is 51.5 cm³/mol. The maximum atomic E-state index is 11.1. The Morgan fingerprint density at radius 3 is 2.25 bits per heavy atom. The number of hydrogen-bond acceptors (Lipinski definition) is 2. The molecule has 0 aromatic rings. The molecule has 0 rings (SSSR count). The third-order valence-corrected chi connectivity index (χ3v) is 3.92. The van der Waals surface area contributed by atoms with Gasteiger partial charge in [0.15, 0.2) is 0 Å². The summed E-state index contributed by atoms with van der Waals surface area (Å²) in [5.74, 6) is 0.0720. The van der Waals surface area contributed by atoms with Gasteiger partial charge in [0, 0.05) is 6.54 Å². The number of halogens is 1. The van der Waals surface area contributed by atoms with Gasteiger partial charge in [-0.1, -0.05) is 19.8 Å². The number of hydrogen-bond donors (Lipinski definition) is 0. The van der Waals surface area contributed by atoms with Crippen molar-refractivity contribution in [3.8, 4) is 0 Å². The summed E-state index contributed by atoms with van der Waals surface area (Å²) in [6, 6.07) is 0. The molecule has 3 nitrogen and oxygen atoms in total. The third-order valence-electron chi connectivity index (χ3n) is 1.60. The van der Waals surface area contributed by atoms with E-state index in [0.29, 0.717) is 6.54 Å². The van der Waals surface area contributed by atoms with Gasteiger partial charge >= 0.3 is 0 Å². The predicted octanol–water partition coefficient (Wildman–Crippen LogP) is 1.98. The summed E-state index contributed by atoms with van der Waals surface area (Å²) in [5, 5.41) is 0. The normalized spacial score (nSPS) is 12.3. The van der Waals surface area contributed by atoms with Crippen LogP contribution < -0.4 is 0 Å². The van der Waals surface area contributed by atoms with Crippen LogP contribution in [0.25, 0.3) is 0 Å². The first-order chi connectivity index (χ1) is 5.54. The summed E-state index contributed by atoms with van der Waals surface area (Å²) in [5.41, 5.74) is 0. The largest absolute Gasteiger partial charge is 0.227 e. The molecule has 12 heavy (non-hydrogen) atoms. The fourth-order valence-electron chi connectivity index (χ4n) is 0.765. The van der Waals surface area contributed by atoms with E-state index in [-0.39, 0.29) is 5.75 Å². The second kappa shape index (κ2) is 5.78. The molecule has 74 valence electrons. The van der Waals surface area contributed by atoms with Crippen molar-refractivity contribution in [1.29, 1.82) is 0 Å². The minimum absolute atomic E-state index is 0.0720. The van der Waals surface area contributed by atoms with Crippen LogP contribution in [-0.4, -0.2) is 24.5 Å². The monoisotopic (exact) mass is 213 g/mol. The number of sulfonamides is 1. The molecule has 0 bridgehead atoms. The van der Waals surface area contributed by atoms with Gasteiger partial charge in [0.1, 0.15) is 0 Å². The zero-order valence-electron chi connectivity index (χ0n) is 7.59. The average molecular weight is 214 g/mol. The molecule has 0 saturated heterocycles. The molecule has 0 N–H and O–H groups in total. The average Bonchev–Trinajstić information content (AvgIpc) is 2.05. The Hall–Kier alpha value is 0.200. The van der Waals surface area contributed by atoms with Crippen LogP contribution >= 0.6 is 11.8 Å². The van der Waals surface area contributed by atoms with Gasteiger partial charge in [-0.25, -0.2) is 8.42 Å². The molecule has 0 aromatic heterocycles. The Bertz CT molecular complexity index is 203. The van der Waals surface area contributed by atoms with Crippen LogP contribution in [0.15, 0.2) is 0 Å². The minimum atomic E-state index is -3.18. The van der Waals surface area contributed by atoms with E-state index < -0.39 is 10.0 Å². The quantitative estimate of drug-likeness (QED) is 0.500. The molecule has 0 spiro atoms. The van der Waals surface area contributed by atoms with Crippen molar-refractivity contribution >= 4 is 21.8 Å². The highest BCUT2D eigenvalue weighted by Crippen LogP contribution is 2.07. The lowest BCUT2D eigenvalue weighted by atomic mass is 10.3. The summed E-state index contributed by atoms with van der Waals surface area (Å²) in [4.78, 5) is 0. The van der Waals surface area contributed by atoms with E-state index in [2.05, 4.69) is 6.92 Å². The molecule has 0 aromatic carbocycles. The number of unbranched alkanes of at least 4 members (excludes halogenated alkanes) is 2. The first-order valence-electron chi connectivity index (χ1n) is 4.20. The molecule has 0 amide bonds. The van der Waals surface area contributed by atoms with E-state index in [4.69, 9.17) is 11.8 Å². The van der Waals surface area contributed by atoms with Crippen LogP contribution in [0.3, 0.4) is 0 Å². The maximum absolute atomic E-state index is 11.1. The van der Waals surface area contributed by atoms with Crippen molar-refractivity contribution in [3.05, 3.63) is 0 Å². The topological polar surface area (TPSA) is 37.4 Å². The smallest absolute Gasteiger partial charge is 0.211 e. The molecule has 0 heterocycles. The number of nitrogens with zero attached hydrogens (tertiary/aromatic N) is 1. The molecular weight excluding hydrogens is 198 g/mol. The molecule has 0 saturated carbocycles. The van der Waals surface area contributed by atoms with Crippen molar-refractivity contribution in [2.75, 3.05) is 12.3 Å². The van der Waals surface area contributed by atoms with Gasteiger partial charge in [-0.05, 0) is 25.1 Å². The molecule has 0 fully saturated rings. The van der Waals surface area contributed by atoms with Crippen LogP contribution in [0.1, 0.15) is 33.1 Å². The molecular formula is C7H16ClNO2S. The fourth-order valence-corrected chi connectivity index (χ4v) is 1.87. The lowest BCUT2D eigenvalue weighted by Crippen LogP contribution is -2.24. The highest BCUT2D eigenvalue weighted by Gasteiger charge is 2.16. The van der Waals surface area contributed by atoms with Crippen LogP contribution in [0, 0.1) is 0 Å². The SMILES string of the molecule is CCCCCN(Cl)S(=O)(=O)CC. The van der Waals surface area contributed by atoms with Gasteiger partial charge in [0.2, 0.25) is 10.0 Å². The highest BCUT2D eigenvalue weighted by atomic mass is 35.5. The molecule has 0 aliphatic heterocycles. The molecule has 0 unspecified atom stereocenters. The van der Waals surface area contributed by atoms with Gasteiger partial charge in [-0.3, -0.25) is 0 Å². The Kier molecular flexibility index (Phi) is 5.88. The summed E-state index contributed by atoms with van der Waals surface area (Å²) >= 11 is 5.55. The Morgan fingerprint density at radius 2 is 1.83 bits per heavy atom. The first-order valence-corrected chi connectivity index (χ1v) is 6.15. The van der Waals surface area contributed by atoms with E-state index in [1.807, 2.05) is 0 Å². The fraction of sp³-hybridized carbons (Fsp3) is 1.00. The summed E-state index contributed by atoms with van der Waals surface area (Å²) in [6.45, 7) is 4.07. The summed E-state index contributed by atoms with van der Waals surface area (Å²) < 4.78 is 23.1. The minimum Gasteiger partial charge on any atom is -0.211 e. The van der Waals surface area contributed by atoms with Crippen molar-refractivity contribution in [1.82, 2.24) is 3.82 Å². The molecule has 0 aliphatic carbocycles. The van der Waals surface area contributed by atoms with Crippen molar-refractivity contribution < 1.29 is 8.42 Å². The maximum Gasteiger partial charge on any atom is 0.227 e. The molecule has 0 atom stereocenters. The lowest BCUT2D eigenvalue weighted by molar-refractivity contribution is 0.522. The second-order valence-electron chi connectivity index (χ2n) is 2.62. The van der Waals surface area contributed by atoms with Gasteiger partial charge in [-0.2, -0.15) is 0 Å². The summed E-state index contributed by atoms with van der Waals surface area (Å²) in [6.07, 6.45) is 2.92. The van der Waals surface area contributed by atoms with Crippen molar-refractivity contribution in [3.63, 3.8) is 0 Å². The zero-order valence-corrected chi connectivity index (χ0v) is 9.16. The second-order valence-corrected chi connectivity index (χ2v) is 5.41. The zero-order chi connectivity index (χ0) is 9.61. The van der Waals surface area contributed by atoms with E-state index in [9.17, 15) is 8.42 Å². The van der Waals surface area contributed by atoms with E-state index in [0.717, 1.165) is 23.1 Å². The standard InChI is InChI=1S/C7H16ClNO2S/c1-3-5-6-7-9(8)12(10,11)4-2/h3-7H2,1-2H3. The van der Waals surface area contributed by atoms with Crippen LogP contribution in [0.5, 0.6) is 0 Å². The molecule has 0 aliphatic rings. The van der Waals surface area contributed by atoms with Crippen LogP contribution in [0.2, 0.25) is 0 Å². The summed E-state index contributed by atoms with van der Waals surface area (Å²) in [7, 11) is -3.18. The molecule has 0 radical (unpaired) electrons. The van der Waals surface area contributed by atoms with Crippen molar-refractivity contribution in [2.24, 2.45) is 0 Å².